The second-order valence-electron chi connectivity index (χ2n) is 9.35. The maximum absolute atomic E-state index is 12.2. The molecule has 37 heavy (non-hydrogen) atoms. The van der Waals surface area contributed by atoms with Crippen LogP contribution in [0.1, 0.15) is 31.7 Å². The number of ether oxygens (including phenoxy) is 1. The highest BCUT2D eigenvalue weighted by atomic mass is 16.5. The average molecular weight is 497 g/mol. The van der Waals surface area contributed by atoms with Crippen molar-refractivity contribution in [2.24, 2.45) is 0 Å². The van der Waals surface area contributed by atoms with E-state index in [4.69, 9.17) is 9.15 Å². The zero-order valence-electron chi connectivity index (χ0n) is 20.8. The lowest BCUT2D eigenvalue weighted by Gasteiger charge is -2.33. The molecular formula is C28H28N6O3. The Kier molecular flexibility index (Phi) is 5.96. The number of pyridine rings is 1. The fourth-order valence-electron chi connectivity index (χ4n) is 4.85. The number of oxazole rings is 1. The Labute approximate surface area is 213 Å². The number of anilines is 1. The van der Waals surface area contributed by atoms with Gasteiger partial charge >= 0.3 is 0 Å². The number of H-pyrrole nitrogens is 1. The van der Waals surface area contributed by atoms with Gasteiger partial charge in [0.2, 0.25) is 11.8 Å². The van der Waals surface area contributed by atoms with E-state index in [1.165, 1.54) is 0 Å². The average Bonchev–Trinajstić information content (AvgIpc) is 3.55. The number of rotatable bonds is 6. The predicted octanol–water partition coefficient (Wildman–Crippen LogP) is 5.68. The summed E-state index contributed by atoms with van der Waals surface area (Å²) < 4.78 is 12.3. The van der Waals surface area contributed by atoms with E-state index < -0.39 is 0 Å². The number of likely N-dealkylation sites (tertiary alicyclic amines) is 1. The summed E-state index contributed by atoms with van der Waals surface area (Å²) in [5.41, 5.74) is 4.21. The van der Waals surface area contributed by atoms with Gasteiger partial charge in [-0.2, -0.15) is 5.10 Å². The second-order valence-corrected chi connectivity index (χ2v) is 9.35. The summed E-state index contributed by atoms with van der Waals surface area (Å²) in [6, 6.07) is 15.5. The van der Waals surface area contributed by atoms with Gasteiger partial charge in [-0.05, 0) is 55.7 Å². The third-order valence-electron chi connectivity index (χ3n) is 6.78. The van der Waals surface area contributed by atoms with Gasteiger partial charge in [-0.15, -0.1) is 0 Å². The van der Waals surface area contributed by atoms with Crippen LogP contribution in [-0.2, 0) is 4.79 Å². The van der Waals surface area contributed by atoms with Gasteiger partial charge in [0, 0.05) is 43.4 Å². The van der Waals surface area contributed by atoms with Crippen molar-refractivity contribution in [3.8, 4) is 23.0 Å². The zero-order chi connectivity index (χ0) is 25.4. The Balaban J connectivity index is 1.23. The Morgan fingerprint density at radius 3 is 2.89 bits per heavy atom. The van der Waals surface area contributed by atoms with Gasteiger partial charge in [0.25, 0.3) is 0 Å². The van der Waals surface area contributed by atoms with Crippen LogP contribution in [0.25, 0.3) is 33.6 Å². The topological polar surface area (TPSA) is 109 Å². The van der Waals surface area contributed by atoms with Gasteiger partial charge in [-0.25, -0.2) is 9.97 Å². The van der Waals surface area contributed by atoms with E-state index in [0.29, 0.717) is 41.8 Å². The molecule has 0 spiro atoms. The fraction of sp³-hybridized carbons (Fsp3) is 0.286. The number of aromatic nitrogens is 4. The molecule has 5 aromatic rings. The van der Waals surface area contributed by atoms with E-state index >= 15 is 0 Å². The van der Waals surface area contributed by atoms with Crippen molar-refractivity contribution in [1.29, 1.82) is 0 Å². The maximum atomic E-state index is 12.2. The summed E-state index contributed by atoms with van der Waals surface area (Å²) in [5.74, 6) is 2.75. The number of piperidine rings is 1. The minimum Gasteiger partial charge on any atom is -0.456 e. The van der Waals surface area contributed by atoms with E-state index in [-0.39, 0.29) is 11.9 Å². The van der Waals surface area contributed by atoms with Crippen LogP contribution in [0, 0.1) is 6.92 Å². The van der Waals surface area contributed by atoms with E-state index in [1.807, 2.05) is 67.3 Å². The van der Waals surface area contributed by atoms with Crippen LogP contribution in [0.4, 0.5) is 5.82 Å². The minimum absolute atomic E-state index is 0.114. The third kappa shape index (κ3) is 4.48. The third-order valence-corrected chi connectivity index (χ3v) is 6.78. The van der Waals surface area contributed by atoms with Gasteiger partial charge in [-0.3, -0.25) is 9.89 Å². The summed E-state index contributed by atoms with van der Waals surface area (Å²) in [6.07, 6.45) is 4.14. The molecule has 4 heterocycles. The Hall–Kier alpha value is -4.40. The predicted molar refractivity (Wildman–Crippen MR) is 142 cm³/mol. The smallest absolute Gasteiger partial charge is 0.227 e. The van der Waals surface area contributed by atoms with Crippen LogP contribution in [0.2, 0.25) is 0 Å². The highest BCUT2D eigenvalue weighted by Gasteiger charge is 2.24. The van der Waals surface area contributed by atoms with Crippen molar-refractivity contribution >= 4 is 33.9 Å². The largest absolute Gasteiger partial charge is 0.456 e. The minimum atomic E-state index is 0.114. The Morgan fingerprint density at radius 1 is 1.22 bits per heavy atom. The molecule has 2 aromatic carbocycles. The van der Waals surface area contributed by atoms with Gasteiger partial charge in [0.1, 0.15) is 22.4 Å². The van der Waals surface area contributed by atoms with Gasteiger partial charge < -0.3 is 19.4 Å². The summed E-state index contributed by atoms with van der Waals surface area (Å²) in [5, 5.41) is 11.7. The fourth-order valence-corrected chi connectivity index (χ4v) is 4.85. The van der Waals surface area contributed by atoms with E-state index in [1.54, 1.807) is 6.20 Å². The van der Waals surface area contributed by atoms with Gasteiger partial charge in [-0.1, -0.05) is 19.1 Å². The Bertz CT molecular complexity index is 1570. The van der Waals surface area contributed by atoms with Crippen molar-refractivity contribution in [2.45, 2.75) is 39.2 Å². The van der Waals surface area contributed by atoms with Crippen molar-refractivity contribution in [3.63, 3.8) is 0 Å². The SMILES string of the molecule is CCC(=O)N1CCCC(Nc2n[nH]c3nccc(Oc4ccc(-c5nc6cccc(C)c6o5)cc4)c23)C1. The number of amides is 1. The first kappa shape index (κ1) is 23.0. The van der Waals surface area contributed by atoms with Crippen LogP contribution in [-0.4, -0.2) is 50.1 Å². The highest BCUT2D eigenvalue weighted by Crippen LogP contribution is 2.34. The molecule has 188 valence electrons. The molecule has 1 fully saturated rings. The molecule has 0 radical (unpaired) electrons. The number of nitrogens with one attached hydrogen (secondary N) is 2. The van der Waals surface area contributed by atoms with Crippen LogP contribution in [0.5, 0.6) is 11.5 Å². The lowest BCUT2D eigenvalue weighted by molar-refractivity contribution is -0.131. The number of nitrogens with zero attached hydrogens (tertiary/aromatic N) is 4. The number of carbonyl (C=O) groups is 1. The lowest BCUT2D eigenvalue weighted by Crippen LogP contribution is -2.44. The number of fused-ring (bicyclic) bond motifs is 2. The van der Waals surface area contributed by atoms with E-state index in [9.17, 15) is 4.79 Å². The number of para-hydroxylation sites is 1. The first-order valence-corrected chi connectivity index (χ1v) is 12.6. The van der Waals surface area contributed by atoms with Crippen LogP contribution >= 0.6 is 0 Å². The number of hydrogen-bond donors (Lipinski definition) is 2. The first-order valence-electron chi connectivity index (χ1n) is 12.6. The second kappa shape index (κ2) is 9.57. The molecule has 9 nitrogen and oxygen atoms in total. The van der Waals surface area contributed by atoms with Crippen molar-refractivity contribution < 1.29 is 13.9 Å². The number of carbonyl (C=O) groups excluding carboxylic acids is 1. The first-order chi connectivity index (χ1) is 18.1. The van der Waals surface area contributed by atoms with Crippen molar-refractivity contribution in [2.75, 3.05) is 18.4 Å². The molecule has 1 amide bonds. The molecule has 1 unspecified atom stereocenters. The van der Waals surface area contributed by atoms with Crippen LogP contribution < -0.4 is 10.1 Å². The number of aromatic amines is 1. The summed E-state index contributed by atoms with van der Waals surface area (Å²) in [6.45, 7) is 5.38. The molecule has 1 saturated heterocycles. The number of benzene rings is 2. The molecule has 2 N–H and O–H groups in total. The van der Waals surface area contributed by atoms with Gasteiger partial charge in [0.05, 0.1) is 0 Å². The summed E-state index contributed by atoms with van der Waals surface area (Å²) in [4.78, 5) is 23.1. The normalized spacial score (nSPS) is 15.8. The highest BCUT2D eigenvalue weighted by molar-refractivity contribution is 5.93. The summed E-state index contributed by atoms with van der Waals surface area (Å²) >= 11 is 0. The molecule has 3 aromatic heterocycles. The monoisotopic (exact) mass is 496 g/mol. The summed E-state index contributed by atoms with van der Waals surface area (Å²) in [7, 11) is 0. The lowest BCUT2D eigenvalue weighted by atomic mass is 10.1. The van der Waals surface area contributed by atoms with Crippen LogP contribution in [0.15, 0.2) is 59.1 Å². The van der Waals surface area contributed by atoms with Crippen molar-refractivity contribution in [1.82, 2.24) is 25.1 Å². The van der Waals surface area contributed by atoms with E-state index in [0.717, 1.165) is 47.0 Å². The van der Waals surface area contributed by atoms with Crippen molar-refractivity contribution in [3.05, 3.63) is 60.3 Å². The molecule has 0 saturated carbocycles. The Morgan fingerprint density at radius 2 is 2.08 bits per heavy atom. The molecule has 0 aliphatic carbocycles. The maximum Gasteiger partial charge on any atom is 0.227 e. The quantitative estimate of drug-likeness (QED) is 0.311. The molecule has 0 bridgehead atoms. The molecule has 1 aliphatic rings. The number of aryl methyl sites for hydroxylation is 1. The van der Waals surface area contributed by atoms with Gasteiger partial charge in [0.15, 0.2) is 17.0 Å². The molecule has 9 heteroatoms. The molecule has 1 atom stereocenters. The molecule has 1 aliphatic heterocycles. The zero-order valence-corrected chi connectivity index (χ0v) is 20.8. The number of hydrogen-bond acceptors (Lipinski definition) is 7. The van der Waals surface area contributed by atoms with Crippen LogP contribution in [0.3, 0.4) is 0 Å². The molecular weight excluding hydrogens is 468 g/mol. The molecule has 6 rings (SSSR count). The van der Waals surface area contributed by atoms with E-state index in [2.05, 4.69) is 25.5 Å². The standard InChI is InChI=1S/C28H28N6O3/c1-3-23(35)34-15-5-7-19(16-34)30-27-24-22(13-14-29-26(24)32-33-27)36-20-11-9-18(10-12-20)28-31-21-8-4-6-17(2)25(21)37-28/h4,6,8-14,19H,3,5,7,15-16H2,1-2H3,(H2,29,30,32,33).